The number of H-pyrrole nitrogens is 1. The van der Waals surface area contributed by atoms with Crippen LogP contribution in [0.15, 0.2) is 87.3 Å². The van der Waals surface area contributed by atoms with Gasteiger partial charge in [0, 0.05) is 24.5 Å². The second-order valence-electron chi connectivity index (χ2n) is 9.51. The SMILES string of the molecule is Cc1ccc(S(=O)(=O)NC(Cn2c(=O)c(=O)[nH]c3ccccc32)C(=O)Nc2ccc(N3CCOCC3)cc2)cc1. The minimum absolute atomic E-state index is 0.0334. The molecule has 1 aliphatic heterocycles. The molecule has 1 unspecified atom stereocenters. The van der Waals surface area contributed by atoms with Gasteiger partial charge in [-0.3, -0.25) is 19.0 Å². The maximum atomic E-state index is 13.5. The predicted octanol–water partition coefficient (Wildman–Crippen LogP) is 1.82. The highest BCUT2D eigenvalue weighted by atomic mass is 32.2. The first-order valence-electron chi connectivity index (χ1n) is 12.8. The first-order valence-corrected chi connectivity index (χ1v) is 14.2. The smallest absolute Gasteiger partial charge is 0.316 e. The molecule has 1 aliphatic rings. The number of carbonyl (C=O) groups excluding carboxylic acids is 1. The summed E-state index contributed by atoms with van der Waals surface area (Å²) in [4.78, 5) is 43.4. The summed E-state index contributed by atoms with van der Waals surface area (Å²) < 4.78 is 35.5. The average molecular weight is 564 g/mol. The summed E-state index contributed by atoms with van der Waals surface area (Å²) in [6.07, 6.45) is 0. The molecule has 3 N–H and O–H groups in total. The Morgan fingerprint density at radius 1 is 0.975 bits per heavy atom. The van der Waals surface area contributed by atoms with Crippen molar-refractivity contribution in [3.63, 3.8) is 0 Å². The molecule has 3 aromatic carbocycles. The molecule has 1 aromatic heterocycles. The Kier molecular flexibility index (Phi) is 7.83. The van der Waals surface area contributed by atoms with E-state index in [1.807, 2.05) is 19.1 Å². The third-order valence-electron chi connectivity index (χ3n) is 6.70. The number of hydrogen-bond acceptors (Lipinski definition) is 7. The van der Waals surface area contributed by atoms with Gasteiger partial charge in [0.15, 0.2) is 0 Å². The van der Waals surface area contributed by atoms with Gasteiger partial charge in [-0.1, -0.05) is 29.8 Å². The Labute approximate surface area is 230 Å². The summed E-state index contributed by atoms with van der Waals surface area (Å²) in [6.45, 7) is 4.21. The molecule has 2 heterocycles. The highest BCUT2D eigenvalue weighted by molar-refractivity contribution is 7.89. The Morgan fingerprint density at radius 2 is 1.65 bits per heavy atom. The number of morpholine rings is 1. The van der Waals surface area contributed by atoms with Gasteiger partial charge >= 0.3 is 11.1 Å². The van der Waals surface area contributed by atoms with Crippen molar-refractivity contribution in [2.75, 3.05) is 36.5 Å². The highest BCUT2D eigenvalue weighted by Gasteiger charge is 2.28. The number of amides is 1. The number of rotatable bonds is 8. The number of aryl methyl sites for hydroxylation is 1. The molecule has 5 rings (SSSR count). The van der Waals surface area contributed by atoms with Crippen LogP contribution in [-0.2, 0) is 26.1 Å². The third kappa shape index (κ3) is 5.98. The highest BCUT2D eigenvalue weighted by Crippen LogP contribution is 2.20. The van der Waals surface area contributed by atoms with E-state index in [9.17, 15) is 22.8 Å². The monoisotopic (exact) mass is 563 g/mol. The van der Waals surface area contributed by atoms with Gasteiger partial charge in [0.1, 0.15) is 6.04 Å². The zero-order valence-corrected chi connectivity index (χ0v) is 22.6. The molecule has 0 radical (unpaired) electrons. The first-order chi connectivity index (χ1) is 19.2. The van der Waals surface area contributed by atoms with Gasteiger partial charge in [-0.25, -0.2) is 8.42 Å². The molecule has 11 nitrogen and oxygen atoms in total. The van der Waals surface area contributed by atoms with Gasteiger partial charge in [-0.15, -0.1) is 0 Å². The molecule has 208 valence electrons. The Morgan fingerprint density at radius 3 is 2.35 bits per heavy atom. The molecule has 0 bridgehead atoms. The quantitative estimate of drug-likeness (QED) is 0.278. The lowest BCUT2D eigenvalue weighted by Gasteiger charge is -2.29. The number of nitrogens with zero attached hydrogens (tertiary/aromatic N) is 2. The maximum Gasteiger partial charge on any atom is 0.316 e. The molecule has 12 heteroatoms. The lowest BCUT2D eigenvalue weighted by molar-refractivity contribution is -0.118. The lowest BCUT2D eigenvalue weighted by Crippen LogP contribution is -2.49. The molecule has 1 atom stereocenters. The van der Waals surface area contributed by atoms with E-state index in [0.29, 0.717) is 29.9 Å². The van der Waals surface area contributed by atoms with Gasteiger partial charge in [0.05, 0.1) is 35.7 Å². The fraction of sp³-hybridized carbons (Fsp3) is 0.250. The van der Waals surface area contributed by atoms with Crippen LogP contribution in [0, 0.1) is 6.92 Å². The number of sulfonamides is 1. The summed E-state index contributed by atoms with van der Waals surface area (Å²) in [5, 5.41) is 2.75. The number of fused-ring (bicyclic) bond motifs is 1. The van der Waals surface area contributed by atoms with Crippen LogP contribution in [0.4, 0.5) is 11.4 Å². The van der Waals surface area contributed by atoms with Crippen LogP contribution in [0.1, 0.15) is 5.56 Å². The molecule has 4 aromatic rings. The molecule has 0 spiro atoms. The van der Waals surface area contributed by atoms with Crippen LogP contribution in [-0.4, -0.2) is 56.2 Å². The van der Waals surface area contributed by atoms with Crippen molar-refractivity contribution in [2.24, 2.45) is 0 Å². The van der Waals surface area contributed by atoms with E-state index in [1.165, 1.54) is 12.1 Å². The summed E-state index contributed by atoms with van der Waals surface area (Å²) in [7, 11) is -4.16. The number of carbonyl (C=O) groups is 1. The zero-order valence-electron chi connectivity index (χ0n) is 21.8. The maximum absolute atomic E-state index is 13.5. The van der Waals surface area contributed by atoms with Gasteiger partial charge in [-0.05, 0) is 55.5 Å². The summed E-state index contributed by atoms with van der Waals surface area (Å²) >= 11 is 0. The summed E-state index contributed by atoms with van der Waals surface area (Å²) in [6, 6.07) is 18.5. The van der Waals surface area contributed by atoms with Gasteiger partial charge < -0.3 is 19.9 Å². The number of ether oxygens (including phenoxy) is 1. The topological polar surface area (TPSA) is 143 Å². The number of para-hydroxylation sites is 2. The average Bonchev–Trinajstić information content (AvgIpc) is 2.96. The second kappa shape index (κ2) is 11.5. The first kappa shape index (κ1) is 27.3. The van der Waals surface area contributed by atoms with Gasteiger partial charge in [-0.2, -0.15) is 4.72 Å². The molecular formula is C28H29N5O6S. The van der Waals surface area contributed by atoms with Crippen LogP contribution in [0.5, 0.6) is 0 Å². The molecule has 1 saturated heterocycles. The molecule has 1 fully saturated rings. The minimum atomic E-state index is -4.16. The van der Waals surface area contributed by atoms with Crippen molar-refractivity contribution in [2.45, 2.75) is 24.4 Å². The number of anilines is 2. The van der Waals surface area contributed by atoms with Crippen LogP contribution < -0.4 is 26.1 Å². The Balaban J connectivity index is 1.46. The number of nitrogens with one attached hydrogen (secondary N) is 3. The minimum Gasteiger partial charge on any atom is -0.378 e. The van der Waals surface area contributed by atoms with Crippen LogP contribution in [0.3, 0.4) is 0 Å². The normalized spacial score (nSPS) is 14.7. The van der Waals surface area contributed by atoms with Crippen molar-refractivity contribution in [3.8, 4) is 0 Å². The summed E-state index contributed by atoms with van der Waals surface area (Å²) in [5.74, 6) is -0.689. The van der Waals surface area contributed by atoms with Crippen molar-refractivity contribution in [1.29, 1.82) is 0 Å². The van der Waals surface area contributed by atoms with Gasteiger partial charge in [0.2, 0.25) is 15.9 Å². The molecular weight excluding hydrogens is 534 g/mol. The van der Waals surface area contributed by atoms with E-state index < -0.39 is 39.6 Å². The molecule has 0 saturated carbocycles. The third-order valence-corrected chi connectivity index (χ3v) is 8.19. The largest absolute Gasteiger partial charge is 0.378 e. The number of aromatic nitrogens is 2. The van der Waals surface area contributed by atoms with Crippen molar-refractivity contribution in [1.82, 2.24) is 14.3 Å². The van der Waals surface area contributed by atoms with Crippen molar-refractivity contribution < 1.29 is 17.9 Å². The van der Waals surface area contributed by atoms with E-state index in [1.54, 1.807) is 48.5 Å². The number of benzene rings is 3. The van der Waals surface area contributed by atoms with E-state index in [2.05, 4.69) is 19.9 Å². The van der Waals surface area contributed by atoms with Crippen LogP contribution >= 0.6 is 0 Å². The fourth-order valence-electron chi connectivity index (χ4n) is 4.54. The van der Waals surface area contributed by atoms with E-state index in [-0.39, 0.29) is 4.90 Å². The van der Waals surface area contributed by atoms with E-state index >= 15 is 0 Å². The zero-order chi connectivity index (χ0) is 28.3. The predicted molar refractivity (Wildman–Crippen MR) is 152 cm³/mol. The Bertz CT molecular complexity index is 1740. The molecule has 0 aliphatic carbocycles. The standard InChI is InChI=1S/C28H29N5O6S/c1-19-6-12-22(13-7-19)40(37,38)31-24(18-33-25-5-3-2-4-23(25)30-27(35)28(33)36)26(34)29-20-8-10-21(11-9-20)32-14-16-39-17-15-32/h2-13,24,31H,14-18H2,1H3,(H,29,34)(H,30,35). The summed E-state index contributed by atoms with van der Waals surface area (Å²) in [5.41, 5.74) is 1.25. The molecule has 40 heavy (non-hydrogen) atoms. The lowest BCUT2D eigenvalue weighted by atomic mass is 10.2. The van der Waals surface area contributed by atoms with Crippen molar-refractivity contribution in [3.05, 3.63) is 99.1 Å². The number of aromatic amines is 1. The fourth-order valence-corrected chi connectivity index (χ4v) is 5.73. The van der Waals surface area contributed by atoms with Crippen molar-refractivity contribution >= 4 is 38.3 Å². The van der Waals surface area contributed by atoms with Gasteiger partial charge in [0.25, 0.3) is 0 Å². The Hall–Kier alpha value is -4.26. The van der Waals surface area contributed by atoms with Crippen LogP contribution in [0.2, 0.25) is 0 Å². The van der Waals surface area contributed by atoms with E-state index in [4.69, 9.17) is 4.74 Å². The van der Waals surface area contributed by atoms with E-state index in [0.717, 1.165) is 28.9 Å². The molecule has 1 amide bonds. The second-order valence-corrected chi connectivity index (χ2v) is 11.2. The number of hydrogen-bond donors (Lipinski definition) is 3. The van der Waals surface area contributed by atoms with Crippen LogP contribution in [0.25, 0.3) is 11.0 Å².